The van der Waals surface area contributed by atoms with Crippen molar-refractivity contribution in [2.45, 2.75) is 45.4 Å². The van der Waals surface area contributed by atoms with Gasteiger partial charge in [0.25, 0.3) is 0 Å². The minimum atomic E-state index is -0.498. The van der Waals surface area contributed by atoms with Gasteiger partial charge in [-0.15, -0.1) is 0 Å². The molecule has 0 N–H and O–H groups in total. The van der Waals surface area contributed by atoms with Gasteiger partial charge in [-0.1, -0.05) is 19.3 Å². The zero-order valence-electron chi connectivity index (χ0n) is 14.7. The van der Waals surface area contributed by atoms with Gasteiger partial charge in [0.2, 0.25) is 11.8 Å². The maximum atomic E-state index is 13.0. The van der Waals surface area contributed by atoms with E-state index in [1.165, 1.54) is 12.0 Å². The van der Waals surface area contributed by atoms with Crippen LogP contribution in [0.5, 0.6) is 5.75 Å². The highest BCUT2D eigenvalue weighted by Crippen LogP contribution is 2.47. The summed E-state index contributed by atoms with van der Waals surface area (Å²) in [7, 11) is 1.30. The number of carbonyl (C=O) groups excluding carboxylic acids is 3. The average Bonchev–Trinajstić information content (AvgIpc) is 2.84. The molecule has 2 amide bonds. The molecule has 1 saturated heterocycles. The summed E-state index contributed by atoms with van der Waals surface area (Å²) in [6.07, 6.45) is 5.06. The molecule has 0 bridgehead atoms. The first-order valence-corrected chi connectivity index (χ1v) is 8.64. The van der Waals surface area contributed by atoms with Crippen molar-refractivity contribution in [3.05, 3.63) is 23.8 Å². The quantitative estimate of drug-likeness (QED) is 0.620. The molecule has 134 valence electrons. The van der Waals surface area contributed by atoms with Gasteiger partial charge in [-0.3, -0.25) is 9.59 Å². The number of esters is 1. The predicted octanol–water partition coefficient (Wildman–Crippen LogP) is 2.76. The van der Waals surface area contributed by atoms with Crippen LogP contribution >= 0.6 is 0 Å². The van der Waals surface area contributed by atoms with Crippen molar-refractivity contribution in [2.75, 3.05) is 18.6 Å². The smallest absolute Gasteiger partial charge is 0.343 e. The van der Waals surface area contributed by atoms with E-state index in [1.54, 1.807) is 18.2 Å². The number of benzene rings is 1. The second-order valence-electron chi connectivity index (χ2n) is 6.87. The Hall–Kier alpha value is -2.37. The van der Waals surface area contributed by atoms with Crippen LogP contribution in [-0.2, 0) is 19.1 Å². The van der Waals surface area contributed by atoms with Gasteiger partial charge in [0.05, 0.1) is 18.2 Å². The fraction of sp³-hybridized carbons (Fsp3) is 0.526. The highest BCUT2D eigenvalue weighted by atomic mass is 16.6. The Kier molecular flexibility index (Phi) is 4.79. The van der Waals surface area contributed by atoms with Crippen LogP contribution in [0.1, 0.15) is 44.1 Å². The number of nitrogens with zero attached hydrogens (tertiary/aromatic N) is 1. The van der Waals surface area contributed by atoms with Crippen LogP contribution in [0.25, 0.3) is 0 Å². The molecule has 6 heteroatoms. The van der Waals surface area contributed by atoms with Gasteiger partial charge in [0.15, 0.2) is 6.61 Å². The molecule has 1 aliphatic carbocycles. The highest BCUT2D eigenvalue weighted by molar-refractivity contribution is 6.22. The minimum Gasteiger partial charge on any atom is -0.482 e. The third-order valence-corrected chi connectivity index (χ3v) is 5.20. The second kappa shape index (κ2) is 6.86. The van der Waals surface area contributed by atoms with Crippen molar-refractivity contribution < 1.29 is 23.9 Å². The molecule has 2 fully saturated rings. The van der Waals surface area contributed by atoms with E-state index in [4.69, 9.17) is 4.74 Å². The molecule has 25 heavy (non-hydrogen) atoms. The number of carbonyl (C=O) groups is 3. The van der Waals surface area contributed by atoms with Crippen molar-refractivity contribution >= 4 is 23.5 Å². The molecule has 0 radical (unpaired) electrons. The Bertz CT molecular complexity index is 706. The third-order valence-electron chi connectivity index (χ3n) is 5.20. The van der Waals surface area contributed by atoms with Crippen LogP contribution in [0, 0.1) is 12.3 Å². The lowest BCUT2D eigenvalue weighted by Gasteiger charge is -2.30. The number of hydrogen-bond acceptors (Lipinski definition) is 5. The van der Waals surface area contributed by atoms with E-state index in [1.807, 2.05) is 6.92 Å². The third kappa shape index (κ3) is 3.25. The molecule has 6 nitrogen and oxygen atoms in total. The molecule has 1 aliphatic heterocycles. The summed E-state index contributed by atoms with van der Waals surface area (Å²) in [6.45, 7) is 1.65. The lowest BCUT2D eigenvalue weighted by atomic mass is 9.73. The molecule has 1 aromatic carbocycles. The molecule has 0 aromatic heterocycles. The monoisotopic (exact) mass is 345 g/mol. The summed E-state index contributed by atoms with van der Waals surface area (Å²) in [6, 6.07) is 5.10. The van der Waals surface area contributed by atoms with E-state index >= 15 is 0 Å². The normalized spacial score (nSPS) is 19.4. The number of aryl methyl sites for hydroxylation is 1. The predicted molar refractivity (Wildman–Crippen MR) is 91.3 cm³/mol. The molecule has 0 unspecified atom stereocenters. The second-order valence-corrected chi connectivity index (χ2v) is 6.87. The maximum Gasteiger partial charge on any atom is 0.343 e. The maximum absolute atomic E-state index is 13.0. The van der Waals surface area contributed by atoms with Gasteiger partial charge < -0.3 is 9.47 Å². The van der Waals surface area contributed by atoms with Crippen molar-refractivity contribution in [3.8, 4) is 5.75 Å². The van der Waals surface area contributed by atoms with E-state index in [-0.39, 0.29) is 18.4 Å². The molecular formula is C19H23NO5. The molecular weight excluding hydrogens is 322 g/mol. The first-order valence-electron chi connectivity index (χ1n) is 8.64. The van der Waals surface area contributed by atoms with Crippen LogP contribution < -0.4 is 9.64 Å². The SMILES string of the molecule is COC(=O)COc1ccc(N2C(=O)CC3(CCCCC3)C2=O)c(C)c1. The summed E-state index contributed by atoms with van der Waals surface area (Å²) >= 11 is 0. The summed E-state index contributed by atoms with van der Waals surface area (Å²) in [5.41, 5.74) is 0.863. The van der Waals surface area contributed by atoms with Crippen LogP contribution in [0.3, 0.4) is 0 Å². The Morgan fingerprint density at radius 1 is 1.20 bits per heavy atom. The lowest BCUT2D eigenvalue weighted by molar-refractivity contribution is -0.143. The van der Waals surface area contributed by atoms with E-state index in [9.17, 15) is 14.4 Å². The van der Waals surface area contributed by atoms with Gasteiger partial charge in [-0.05, 0) is 43.5 Å². The van der Waals surface area contributed by atoms with E-state index < -0.39 is 11.4 Å². The zero-order chi connectivity index (χ0) is 18.0. The summed E-state index contributed by atoms with van der Waals surface area (Å²) in [5, 5.41) is 0. The van der Waals surface area contributed by atoms with Crippen molar-refractivity contribution in [2.24, 2.45) is 5.41 Å². The number of rotatable bonds is 4. The number of anilines is 1. The van der Waals surface area contributed by atoms with Crippen molar-refractivity contribution in [3.63, 3.8) is 0 Å². The van der Waals surface area contributed by atoms with Crippen molar-refractivity contribution in [1.29, 1.82) is 0 Å². The van der Waals surface area contributed by atoms with Gasteiger partial charge in [0, 0.05) is 6.42 Å². The number of amides is 2. The Balaban J connectivity index is 1.80. The topological polar surface area (TPSA) is 72.9 Å². The average molecular weight is 345 g/mol. The van der Waals surface area contributed by atoms with Gasteiger partial charge in [-0.25, -0.2) is 9.69 Å². The Morgan fingerprint density at radius 2 is 1.92 bits per heavy atom. The fourth-order valence-electron chi connectivity index (χ4n) is 3.83. The molecule has 0 atom stereocenters. The number of methoxy groups -OCH3 is 1. The molecule has 1 spiro atoms. The lowest BCUT2D eigenvalue weighted by Crippen LogP contribution is -2.37. The standard InChI is InChI=1S/C19H23NO5/c1-13-10-14(25-12-17(22)24-2)6-7-15(13)20-16(21)11-19(18(20)23)8-4-3-5-9-19/h6-7,10H,3-5,8-9,11-12H2,1-2H3. The molecule has 3 rings (SSSR count). The summed E-state index contributed by atoms with van der Waals surface area (Å²) in [5.74, 6) is -0.161. The largest absolute Gasteiger partial charge is 0.482 e. The number of ether oxygens (including phenoxy) is 2. The van der Waals surface area contributed by atoms with Crippen molar-refractivity contribution in [1.82, 2.24) is 0 Å². The summed E-state index contributed by atoms with van der Waals surface area (Å²) < 4.78 is 9.90. The molecule has 2 aliphatic rings. The molecule has 1 aromatic rings. The Morgan fingerprint density at radius 3 is 2.56 bits per heavy atom. The number of imide groups is 1. The molecule has 1 heterocycles. The van der Waals surface area contributed by atoms with Gasteiger partial charge in [-0.2, -0.15) is 0 Å². The molecule has 1 saturated carbocycles. The fourth-order valence-corrected chi connectivity index (χ4v) is 3.83. The zero-order valence-corrected chi connectivity index (χ0v) is 14.7. The summed E-state index contributed by atoms with van der Waals surface area (Å²) in [4.78, 5) is 38.1. The van der Waals surface area contributed by atoms with Crippen LogP contribution in [0.2, 0.25) is 0 Å². The first-order chi connectivity index (χ1) is 12.0. The number of hydrogen-bond donors (Lipinski definition) is 0. The van der Waals surface area contributed by atoms with Gasteiger partial charge in [0.1, 0.15) is 5.75 Å². The van der Waals surface area contributed by atoms with Crippen LogP contribution in [-0.4, -0.2) is 31.5 Å². The highest BCUT2D eigenvalue weighted by Gasteiger charge is 2.52. The van der Waals surface area contributed by atoms with E-state index in [0.717, 1.165) is 37.7 Å². The van der Waals surface area contributed by atoms with E-state index in [2.05, 4.69) is 4.74 Å². The first kappa shape index (κ1) is 17.5. The van der Waals surface area contributed by atoms with Crippen LogP contribution in [0.15, 0.2) is 18.2 Å². The minimum absolute atomic E-state index is 0.0662. The van der Waals surface area contributed by atoms with Crippen LogP contribution in [0.4, 0.5) is 5.69 Å². The van der Waals surface area contributed by atoms with Gasteiger partial charge >= 0.3 is 5.97 Å². The Labute approximate surface area is 147 Å². The van der Waals surface area contributed by atoms with E-state index in [0.29, 0.717) is 17.9 Å².